The molecule has 0 amide bonds. The average molecular weight is 418 g/mol. The Hall–Kier alpha value is -2.64. The number of hydrogen-bond donors (Lipinski definition) is 4. The summed E-state index contributed by atoms with van der Waals surface area (Å²) in [5.74, 6) is -2.80. The Balaban J connectivity index is 0.000000469. The van der Waals surface area contributed by atoms with E-state index in [2.05, 4.69) is 23.5 Å². The molecule has 7 nitrogen and oxygen atoms in total. The molecule has 0 saturated heterocycles. The molecule has 0 aliphatic heterocycles. The molecular formula is C23H31NO6. The highest BCUT2D eigenvalue weighted by Crippen LogP contribution is 2.25. The van der Waals surface area contributed by atoms with E-state index in [9.17, 15) is 5.11 Å². The van der Waals surface area contributed by atoms with E-state index in [1.807, 2.05) is 24.3 Å². The highest BCUT2D eigenvalue weighted by Gasteiger charge is 2.13. The molecule has 2 aromatic rings. The van der Waals surface area contributed by atoms with Crippen LogP contribution in [0.3, 0.4) is 0 Å². The Morgan fingerprint density at radius 2 is 1.53 bits per heavy atom. The average Bonchev–Trinajstić information content (AvgIpc) is 2.71. The first-order valence-electron chi connectivity index (χ1n) is 10.5. The zero-order chi connectivity index (χ0) is 21.8. The second-order valence-electron chi connectivity index (χ2n) is 7.50. The minimum atomic E-state index is -1.82. The van der Waals surface area contributed by atoms with Crippen molar-refractivity contribution < 1.29 is 29.6 Å². The topological polar surface area (TPSA) is 116 Å². The van der Waals surface area contributed by atoms with Crippen LogP contribution in [0.1, 0.15) is 44.9 Å². The number of carboxylic acids is 2. The molecule has 1 aliphatic carbocycles. The van der Waals surface area contributed by atoms with Crippen molar-refractivity contribution in [1.29, 1.82) is 0 Å². The smallest absolute Gasteiger partial charge is 0.414 e. The predicted octanol–water partition coefficient (Wildman–Crippen LogP) is 3.44. The van der Waals surface area contributed by atoms with Crippen molar-refractivity contribution >= 4 is 22.7 Å². The molecule has 1 atom stereocenters. The lowest BCUT2D eigenvalue weighted by atomic mass is 9.96. The van der Waals surface area contributed by atoms with E-state index in [1.54, 1.807) is 0 Å². The third-order valence-electron chi connectivity index (χ3n) is 5.11. The summed E-state index contributed by atoms with van der Waals surface area (Å²) in [5, 5.41) is 30.8. The van der Waals surface area contributed by atoms with E-state index in [1.165, 1.54) is 44.9 Å². The Morgan fingerprint density at radius 3 is 2.20 bits per heavy atom. The molecule has 7 heteroatoms. The fraction of sp³-hybridized carbons (Fsp3) is 0.478. The lowest BCUT2D eigenvalue weighted by Crippen LogP contribution is -2.38. The van der Waals surface area contributed by atoms with Crippen molar-refractivity contribution in [3.05, 3.63) is 42.5 Å². The minimum absolute atomic E-state index is 0.327. The molecule has 1 saturated carbocycles. The van der Waals surface area contributed by atoms with Crippen LogP contribution in [0.2, 0.25) is 0 Å². The number of aliphatic carboxylic acids is 2. The second-order valence-corrected chi connectivity index (χ2v) is 7.50. The largest absolute Gasteiger partial charge is 0.490 e. The Bertz CT molecular complexity index is 784. The molecule has 0 bridgehead atoms. The molecule has 0 radical (unpaired) electrons. The van der Waals surface area contributed by atoms with E-state index in [4.69, 9.17) is 24.5 Å². The van der Waals surface area contributed by atoms with Crippen LogP contribution in [0.25, 0.3) is 10.8 Å². The number of nitrogens with one attached hydrogen (secondary N) is 1. The highest BCUT2D eigenvalue weighted by atomic mass is 16.5. The Kier molecular flexibility index (Phi) is 10.1. The van der Waals surface area contributed by atoms with Crippen LogP contribution < -0.4 is 10.1 Å². The fourth-order valence-corrected chi connectivity index (χ4v) is 3.53. The van der Waals surface area contributed by atoms with Gasteiger partial charge in [0.2, 0.25) is 0 Å². The van der Waals surface area contributed by atoms with Gasteiger partial charge in [0.05, 0.1) is 0 Å². The van der Waals surface area contributed by atoms with Gasteiger partial charge in [0, 0.05) is 18.0 Å². The summed E-state index contributed by atoms with van der Waals surface area (Å²) in [6, 6.07) is 14.8. The summed E-state index contributed by atoms with van der Waals surface area (Å²) in [4.78, 5) is 18.2. The van der Waals surface area contributed by atoms with Crippen LogP contribution >= 0.6 is 0 Å². The van der Waals surface area contributed by atoms with Gasteiger partial charge in [0.15, 0.2) is 0 Å². The van der Waals surface area contributed by atoms with Crippen LogP contribution in [0.15, 0.2) is 42.5 Å². The maximum Gasteiger partial charge on any atom is 0.414 e. The lowest BCUT2D eigenvalue weighted by Gasteiger charge is -2.23. The second kappa shape index (κ2) is 12.8. The first-order valence-corrected chi connectivity index (χ1v) is 10.5. The normalized spacial score (nSPS) is 15.9. The quantitative estimate of drug-likeness (QED) is 0.532. The van der Waals surface area contributed by atoms with Gasteiger partial charge >= 0.3 is 11.9 Å². The number of carboxylic acid groups (broad SMARTS) is 2. The third kappa shape index (κ3) is 8.39. The van der Waals surface area contributed by atoms with Crippen molar-refractivity contribution in [1.82, 2.24) is 5.32 Å². The van der Waals surface area contributed by atoms with Crippen molar-refractivity contribution in [2.24, 2.45) is 0 Å². The van der Waals surface area contributed by atoms with Gasteiger partial charge in [0.1, 0.15) is 18.5 Å². The summed E-state index contributed by atoms with van der Waals surface area (Å²) in [6.07, 6.45) is 8.69. The van der Waals surface area contributed by atoms with Gasteiger partial charge in [-0.05, 0) is 24.3 Å². The number of ether oxygens (including phenoxy) is 1. The van der Waals surface area contributed by atoms with Gasteiger partial charge in [-0.3, -0.25) is 0 Å². The molecular weight excluding hydrogens is 386 g/mol. The zero-order valence-electron chi connectivity index (χ0n) is 17.1. The van der Waals surface area contributed by atoms with Gasteiger partial charge in [-0.25, -0.2) is 9.59 Å². The van der Waals surface area contributed by atoms with Crippen LogP contribution in [-0.2, 0) is 9.59 Å². The molecule has 1 fully saturated rings. The van der Waals surface area contributed by atoms with E-state index in [0.717, 1.165) is 16.5 Å². The first-order chi connectivity index (χ1) is 14.5. The SMILES string of the molecule is O=C(O)C(=O)O.OC(CNC1CCCCCCC1)COc1cccc2ccccc12. The molecule has 4 N–H and O–H groups in total. The van der Waals surface area contributed by atoms with Gasteiger partial charge in [-0.1, -0.05) is 68.5 Å². The molecule has 30 heavy (non-hydrogen) atoms. The van der Waals surface area contributed by atoms with Crippen molar-refractivity contribution in [3.63, 3.8) is 0 Å². The number of rotatable bonds is 6. The van der Waals surface area contributed by atoms with E-state index in [-0.39, 0.29) is 0 Å². The number of carbonyl (C=O) groups is 2. The predicted molar refractivity (Wildman–Crippen MR) is 115 cm³/mol. The molecule has 1 unspecified atom stereocenters. The number of benzene rings is 2. The van der Waals surface area contributed by atoms with Crippen molar-refractivity contribution in [3.8, 4) is 5.75 Å². The van der Waals surface area contributed by atoms with Gasteiger partial charge < -0.3 is 25.4 Å². The van der Waals surface area contributed by atoms with Crippen LogP contribution in [0.4, 0.5) is 0 Å². The minimum Gasteiger partial charge on any atom is -0.490 e. The summed E-state index contributed by atoms with van der Waals surface area (Å²) in [5.41, 5.74) is 0. The third-order valence-corrected chi connectivity index (χ3v) is 5.11. The lowest BCUT2D eigenvalue weighted by molar-refractivity contribution is -0.159. The molecule has 0 heterocycles. The van der Waals surface area contributed by atoms with Gasteiger partial charge in [-0.15, -0.1) is 0 Å². The Morgan fingerprint density at radius 1 is 0.933 bits per heavy atom. The molecule has 0 spiro atoms. The van der Waals surface area contributed by atoms with E-state index in [0.29, 0.717) is 19.2 Å². The number of fused-ring (bicyclic) bond motifs is 1. The number of aliphatic hydroxyl groups excluding tert-OH is 1. The summed E-state index contributed by atoms with van der Waals surface area (Å²) < 4.78 is 5.88. The highest BCUT2D eigenvalue weighted by molar-refractivity contribution is 6.27. The Labute approximate surface area is 176 Å². The van der Waals surface area contributed by atoms with Crippen LogP contribution in [-0.4, -0.2) is 52.6 Å². The molecule has 0 aromatic heterocycles. The summed E-state index contributed by atoms with van der Waals surface area (Å²) in [7, 11) is 0. The fourth-order valence-electron chi connectivity index (χ4n) is 3.53. The standard InChI is InChI=1S/C21H29NO2.C2H2O4/c23-19(15-22-18-11-4-2-1-3-5-12-18)16-24-21-14-8-10-17-9-6-7-13-20(17)21;3-1(4)2(5)6/h6-10,13-14,18-19,22-23H,1-5,11-12,15-16H2;(H,3,4)(H,5,6). The first kappa shape index (κ1) is 23.6. The summed E-state index contributed by atoms with van der Waals surface area (Å²) >= 11 is 0. The molecule has 164 valence electrons. The number of hydrogen-bond acceptors (Lipinski definition) is 5. The number of aliphatic hydroxyl groups is 1. The van der Waals surface area contributed by atoms with E-state index < -0.39 is 18.0 Å². The van der Waals surface area contributed by atoms with Crippen LogP contribution in [0, 0.1) is 0 Å². The van der Waals surface area contributed by atoms with Crippen LogP contribution in [0.5, 0.6) is 5.75 Å². The maximum absolute atomic E-state index is 10.3. The summed E-state index contributed by atoms with van der Waals surface area (Å²) in [6.45, 7) is 0.934. The molecule has 3 rings (SSSR count). The van der Waals surface area contributed by atoms with Gasteiger partial charge in [0.25, 0.3) is 0 Å². The molecule has 2 aromatic carbocycles. The van der Waals surface area contributed by atoms with Crippen molar-refractivity contribution in [2.45, 2.75) is 57.1 Å². The van der Waals surface area contributed by atoms with Gasteiger partial charge in [-0.2, -0.15) is 0 Å². The monoisotopic (exact) mass is 417 g/mol. The molecule has 1 aliphatic rings. The zero-order valence-corrected chi connectivity index (χ0v) is 17.1. The van der Waals surface area contributed by atoms with E-state index >= 15 is 0 Å². The van der Waals surface area contributed by atoms with Crippen molar-refractivity contribution in [2.75, 3.05) is 13.2 Å². The maximum atomic E-state index is 10.3.